The van der Waals surface area contributed by atoms with Crippen LogP contribution in [0.1, 0.15) is 61.4 Å². The second kappa shape index (κ2) is 8.91. The van der Waals surface area contributed by atoms with Crippen LogP contribution >= 0.6 is 0 Å². The molecule has 0 N–H and O–H groups in total. The number of aliphatic imine (C=N–C) groups is 2. The second-order valence-corrected chi connectivity index (χ2v) is 9.99. The summed E-state index contributed by atoms with van der Waals surface area (Å²) in [5.74, 6) is 2.43. The summed E-state index contributed by atoms with van der Waals surface area (Å²) in [6.07, 6.45) is 2.79. The maximum atomic E-state index is 12.9. The van der Waals surface area contributed by atoms with Gasteiger partial charge in [-0.3, -0.25) is 9.98 Å². The minimum atomic E-state index is -4.27. The van der Waals surface area contributed by atoms with Crippen molar-refractivity contribution in [3.8, 4) is 0 Å². The minimum Gasteiger partial charge on any atom is -0.316 e. The maximum absolute atomic E-state index is 12.9. The number of hydrogen-bond donors (Lipinski definition) is 0. The lowest BCUT2D eigenvalue weighted by Crippen LogP contribution is -2.27. The molecule has 1 aliphatic carbocycles. The van der Waals surface area contributed by atoms with Crippen molar-refractivity contribution in [3.05, 3.63) is 47.0 Å². The number of halogens is 3. The van der Waals surface area contributed by atoms with E-state index in [1.54, 1.807) is 18.3 Å². The Balaban J connectivity index is 1.06. The molecular formula is C25H31F3N6. The monoisotopic (exact) mass is 472 g/mol. The number of piperidine rings is 1. The van der Waals surface area contributed by atoms with Gasteiger partial charge in [0, 0.05) is 43.9 Å². The fraction of sp³-hybridized carbons (Fsp3) is 0.600. The van der Waals surface area contributed by atoms with Crippen molar-refractivity contribution < 1.29 is 13.2 Å². The van der Waals surface area contributed by atoms with E-state index in [4.69, 9.17) is 0 Å². The summed E-state index contributed by atoms with van der Waals surface area (Å²) in [7, 11) is 2.00. The Bertz CT molecular complexity index is 1090. The van der Waals surface area contributed by atoms with Gasteiger partial charge in [-0.15, -0.1) is 10.2 Å². The predicted octanol–water partition coefficient (Wildman–Crippen LogP) is 4.41. The molecular weight excluding hydrogens is 441 g/mol. The molecule has 2 fully saturated rings. The highest BCUT2D eigenvalue weighted by Gasteiger charge is 2.60. The summed E-state index contributed by atoms with van der Waals surface area (Å²) in [5.41, 5.74) is 1.52. The fourth-order valence-electron chi connectivity index (χ4n) is 5.54. The summed E-state index contributed by atoms with van der Waals surface area (Å²) in [6, 6.07) is 5.79. The molecule has 0 bridgehead atoms. The molecule has 3 aliphatic rings. The first-order chi connectivity index (χ1) is 16.3. The van der Waals surface area contributed by atoms with Crippen molar-refractivity contribution in [2.45, 2.75) is 56.7 Å². The molecule has 9 heteroatoms. The van der Waals surface area contributed by atoms with Gasteiger partial charge in [-0.05, 0) is 56.3 Å². The summed E-state index contributed by atoms with van der Waals surface area (Å²) >= 11 is 0. The van der Waals surface area contributed by atoms with Crippen LogP contribution < -0.4 is 0 Å². The number of rotatable bonds is 8. The second-order valence-electron chi connectivity index (χ2n) is 9.99. The number of fused-ring (bicyclic) bond motifs is 1. The van der Waals surface area contributed by atoms with E-state index in [-0.39, 0.29) is 11.5 Å². The highest BCUT2D eigenvalue weighted by atomic mass is 19.4. The standard InChI is InChI=1S/C25H31F3N6/c1-17-13-30-21(14-29-17)23-32-31-22(33(23)2)6-4-3-5-11-34-15-20-12-24(20,16-34)18-7-9-19(10-8-18)25(26,27)28/h7-10,13,20-21H,3-6,11-12,14-16H2,1-2H3/t20-,21?,24+/m0/s1. The van der Waals surface area contributed by atoms with Gasteiger partial charge in [-0.25, -0.2) is 0 Å². The molecule has 182 valence electrons. The zero-order chi connectivity index (χ0) is 23.9. The van der Waals surface area contributed by atoms with Crippen molar-refractivity contribution in [1.82, 2.24) is 19.7 Å². The van der Waals surface area contributed by atoms with Crippen LogP contribution in [0.3, 0.4) is 0 Å². The molecule has 6 nitrogen and oxygen atoms in total. The average Bonchev–Trinajstić information content (AvgIpc) is 3.19. The van der Waals surface area contributed by atoms with Crippen LogP contribution in [0.4, 0.5) is 13.2 Å². The van der Waals surface area contributed by atoms with Crippen LogP contribution in [-0.4, -0.2) is 57.8 Å². The molecule has 2 aromatic rings. The van der Waals surface area contributed by atoms with Crippen LogP contribution in [0.15, 0.2) is 34.3 Å². The zero-order valence-electron chi connectivity index (χ0n) is 19.7. The van der Waals surface area contributed by atoms with E-state index in [0.29, 0.717) is 12.5 Å². The van der Waals surface area contributed by atoms with Gasteiger partial charge in [-0.1, -0.05) is 18.6 Å². The summed E-state index contributed by atoms with van der Waals surface area (Å²) in [5, 5.41) is 8.73. The van der Waals surface area contributed by atoms with Crippen LogP contribution in [0.5, 0.6) is 0 Å². The highest BCUT2D eigenvalue weighted by molar-refractivity contribution is 6.29. The number of nitrogens with zero attached hydrogens (tertiary/aromatic N) is 6. The van der Waals surface area contributed by atoms with Crippen LogP contribution in [0.2, 0.25) is 0 Å². The zero-order valence-corrected chi connectivity index (χ0v) is 19.7. The number of aryl methyl sites for hydroxylation is 1. The first kappa shape index (κ1) is 23.2. The van der Waals surface area contributed by atoms with Gasteiger partial charge in [0.1, 0.15) is 11.9 Å². The Morgan fingerprint density at radius 2 is 1.88 bits per heavy atom. The van der Waals surface area contributed by atoms with Crippen molar-refractivity contribution in [1.29, 1.82) is 0 Å². The van der Waals surface area contributed by atoms with Crippen LogP contribution in [-0.2, 0) is 25.1 Å². The molecule has 0 radical (unpaired) electrons. The number of hydrogen-bond acceptors (Lipinski definition) is 5. The van der Waals surface area contributed by atoms with Gasteiger partial charge < -0.3 is 9.47 Å². The van der Waals surface area contributed by atoms with Gasteiger partial charge in [0.25, 0.3) is 0 Å². The number of alkyl halides is 3. The molecule has 0 spiro atoms. The number of likely N-dealkylation sites (tertiary alicyclic amines) is 1. The predicted molar refractivity (Wildman–Crippen MR) is 125 cm³/mol. The first-order valence-electron chi connectivity index (χ1n) is 12.1. The van der Waals surface area contributed by atoms with Crippen molar-refractivity contribution in [2.24, 2.45) is 23.0 Å². The third-order valence-corrected chi connectivity index (χ3v) is 7.63. The van der Waals surface area contributed by atoms with Gasteiger partial charge in [0.2, 0.25) is 0 Å². The Kier molecular flexibility index (Phi) is 6.08. The third kappa shape index (κ3) is 4.54. The normalized spacial score (nSPS) is 26.6. The minimum absolute atomic E-state index is 0.0477. The fourth-order valence-corrected chi connectivity index (χ4v) is 5.54. The molecule has 34 heavy (non-hydrogen) atoms. The third-order valence-electron chi connectivity index (χ3n) is 7.63. The molecule has 5 rings (SSSR count). The van der Waals surface area contributed by atoms with E-state index in [1.165, 1.54) is 12.1 Å². The summed E-state index contributed by atoms with van der Waals surface area (Å²) in [6.45, 7) is 5.62. The molecule has 3 heterocycles. The Morgan fingerprint density at radius 1 is 1.09 bits per heavy atom. The number of unbranched alkanes of at least 4 members (excludes halogenated alkanes) is 2. The quantitative estimate of drug-likeness (QED) is 0.535. The van der Waals surface area contributed by atoms with E-state index in [9.17, 15) is 13.2 Å². The molecule has 1 aromatic heterocycles. The first-order valence-corrected chi connectivity index (χ1v) is 12.1. The molecule has 1 unspecified atom stereocenters. The Morgan fingerprint density at radius 3 is 2.59 bits per heavy atom. The molecule has 0 amide bonds. The van der Waals surface area contributed by atoms with E-state index >= 15 is 0 Å². The van der Waals surface area contributed by atoms with Gasteiger partial charge in [0.15, 0.2) is 5.82 Å². The lowest BCUT2D eigenvalue weighted by molar-refractivity contribution is -0.137. The molecule has 2 aliphatic heterocycles. The summed E-state index contributed by atoms with van der Waals surface area (Å²) < 4.78 is 40.7. The van der Waals surface area contributed by atoms with Gasteiger partial charge in [0.05, 0.1) is 12.1 Å². The van der Waals surface area contributed by atoms with E-state index in [0.717, 1.165) is 74.7 Å². The maximum Gasteiger partial charge on any atom is 0.416 e. The van der Waals surface area contributed by atoms with Crippen LogP contribution in [0.25, 0.3) is 0 Å². The van der Waals surface area contributed by atoms with Gasteiger partial charge >= 0.3 is 6.18 Å². The largest absolute Gasteiger partial charge is 0.416 e. The number of benzene rings is 1. The molecule has 1 saturated heterocycles. The Hall–Kier alpha value is -2.55. The lowest BCUT2D eigenvalue weighted by Gasteiger charge is -2.21. The SMILES string of the molecule is CC1=NCC(c2nnc(CCCCCN3C[C@@H]4C[C@]4(c4ccc(C(F)(F)F)cc4)C3)n2C)N=C1. The average molecular weight is 473 g/mol. The summed E-state index contributed by atoms with van der Waals surface area (Å²) in [4.78, 5) is 11.5. The van der Waals surface area contributed by atoms with Gasteiger partial charge in [-0.2, -0.15) is 13.2 Å². The van der Waals surface area contributed by atoms with Crippen LogP contribution in [0, 0.1) is 5.92 Å². The van der Waals surface area contributed by atoms with Crippen molar-refractivity contribution in [3.63, 3.8) is 0 Å². The van der Waals surface area contributed by atoms with E-state index in [1.807, 2.05) is 14.0 Å². The lowest BCUT2D eigenvalue weighted by atomic mass is 9.94. The number of aromatic nitrogens is 3. The van der Waals surface area contributed by atoms with Crippen molar-refractivity contribution in [2.75, 3.05) is 26.2 Å². The topological polar surface area (TPSA) is 58.7 Å². The smallest absolute Gasteiger partial charge is 0.316 e. The Labute approximate surface area is 198 Å². The molecule has 3 atom stereocenters. The molecule has 1 aromatic carbocycles. The van der Waals surface area contributed by atoms with E-state index in [2.05, 4.69) is 29.6 Å². The molecule has 1 saturated carbocycles. The van der Waals surface area contributed by atoms with Crippen molar-refractivity contribution >= 4 is 11.9 Å². The van der Waals surface area contributed by atoms with E-state index < -0.39 is 11.7 Å². The highest BCUT2D eigenvalue weighted by Crippen LogP contribution is 2.59.